The van der Waals surface area contributed by atoms with Crippen LogP contribution in [-0.4, -0.2) is 31.7 Å². The second-order valence-electron chi connectivity index (χ2n) is 7.57. The van der Waals surface area contributed by atoms with Gasteiger partial charge in [0.2, 0.25) is 10.0 Å². The van der Waals surface area contributed by atoms with Crippen molar-refractivity contribution in [2.24, 2.45) is 7.05 Å². The van der Waals surface area contributed by atoms with E-state index in [1.807, 2.05) is 0 Å². The van der Waals surface area contributed by atoms with Crippen LogP contribution in [0.5, 0.6) is 11.5 Å². The highest BCUT2D eigenvalue weighted by molar-refractivity contribution is 7.93. The SMILES string of the molecule is COc1ccc(C(NS(=O)(=O)C2=Cc3ccc(OC(F)F)cc3CC2)c2nccn2C)cc1. The van der Waals surface area contributed by atoms with Gasteiger partial charge in [-0.1, -0.05) is 18.2 Å². The maximum atomic E-state index is 13.4. The molecule has 1 aliphatic rings. The van der Waals surface area contributed by atoms with Crippen LogP contribution < -0.4 is 14.2 Å². The van der Waals surface area contributed by atoms with Gasteiger partial charge in [-0.15, -0.1) is 0 Å². The topological polar surface area (TPSA) is 82.4 Å². The summed E-state index contributed by atoms with van der Waals surface area (Å²) in [5.74, 6) is 1.24. The van der Waals surface area contributed by atoms with E-state index in [4.69, 9.17) is 4.74 Å². The Hall–Kier alpha value is -3.24. The summed E-state index contributed by atoms with van der Waals surface area (Å²) in [5, 5.41) is 0. The Bertz CT molecular complexity index is 1270. The van der Waals surface area contributed by atoms with Crippen LogP contribution in [0.1, 0.15) is 35.0 Å². The summed E-state index contributed by atoms with van der Waals surface area (Å²) in [7, 11) is -0.532. The quantitative estimate of drug-likeness (QED) is 0.532. The largest absolute Gasteiger partial charge is 0.497 e. The first-order valence-electron chi connectivity index (χ1n) is 10.2. The molecule has 0 amide bonds. The Morgan fingerprint density at radius 2 is 1.82 bits per heavy atom. The van der Waals surface area contributed by atoms with Gasteiger partial charge >= 0.3 is 6.61 Å². The summed E-state index contributed by atoms with van der Waals surface area (Å²) in [4.78, 5) is 4.56. The lowest BCUT2D eigenvalue weighted by Crippen LogP contribution is -2.32. The van der Waals surface area contributed by atoms with Gasteiger partial charge in [0.1, 0.15) is 23.4 Å². The predicted molar refractivity (Wildman–Crippen MR) is 119 cm³/mol. The average Bonchev–Trinajstić information content (AvgIpc) is 3.22. The van der Waals surface area contributed by atoms with E-state index in [9.17, 15) is 17.2 Å². The fraction of sp³-hybridized carbons (Fsp3) is 0.261. The number of alkyl halides is 2. The summed E-state index contributed by atoms with van der Waals surface area (Å²) >= 11 is 0. The molecule has 0 radical (unpaired) electrons. The molecule has 0 spiro atoms. The van der Waals surface area contributed by atoms with Gasteiger partial charge in [0.25, 0.3) is 0 Å². The van der Waals surface area contributed by atoms with E-state index in [2.05, 4.69) is 14.4 Å². The van der Waals surface area contributed by atoms with Crippen molar-refractivity contribution in [3.63, 3.8) is 0 Å². The molecule has 1 aliphatic carbocycles. The normalized spacial score (nSPS) is 14.5. The number of fused-ring (bicyclic) bond motifs is 1. The number of methoxy groups -OCH3 is 1. The zero-order valence-corrected chi connectivity index (χ0v) is 18.9. The average molecular weight is 476 g/mol. The fourth-order valence-electron chi connectivity index (χ4n) is 3.78. The molecule has 1 atom stereocenters. The van der Waals surface area contributed by atoms with Crippen molar-refractivity contribution in [2.45, 2.75) is 25.5 Å². The van der Waals surface area contributed by atoms with Crippen molar-refractivity contribution >= 4 is 16.1 Å². The van der Waals surface area contributed by atoms with E-state index in [1.54, 1.807) is 67.5 Å². The van der Waals surface area contributed by atoms with Crippen molar-refractivity contribution in [2.75, 3.05) is 7.11 Å². The highest BCUT2D eigenvalue weighted by Gasteiger charge is 2.29. The first kappa shape index (κ1) is 22.9. The number of nitrogens with zero attached hydrogens (tertiary/aromatic N) is 2. The van der Waals surface area contributed by atoms with Crippen molar-refractivity contribution < 1.29 is 26.7 Å². The number of allylic oxidation sites excluding steroid dienone is 1. The number of imidazole rings is 1. The minimum atomic E-state index is -3.89. The molecule has 7 nitrogen and oxygen atoms in total. The lowest BCUT2D eigenvalue weighted by Gasteiger charge is -2.22. The van der Waals surface area contributed by atoms with E-state index in [-0.39, 0.29) is 17.1 Å². The van der Waals surface area contributed by atoms with Crippen LogP contribution in [0.3, 0.4) is 0 Å². The number of aromatic nitrogens is 2. The van der Waals surface area contributed by atoms with Gasteiger partial charge in [-0.05, 0) is 59.9 Å². The van der Waals surface area contributed by atoms with Crippen LogP contribution in [0.15, 0.2) is 59.8 Å². The predicted octanol–water partition coefficient (Wildman–Crippen LogP) is 4.03. The minimum Gasteiger partial charge on any atom is -0.497 e. The molecular formula is C23H23F2N3O4S. The number of sulfonamides is 1. The summed E-state index contributed by atoms with van der Waals surface area (Å²) < 4.78 is 65.9. The molecule has 0 aliphatic heterocycles. The van der Waals surface area contributed by atoms with Crippen molar-refractivity contribution in [1.82, 2.24) is 14.3 Å². The third-order valence-electron chi connectivity index (χ3n) is 5.48. The second-order valence-corrected chi connectivity index (χ2v) is 9.34. The van der Waals surface area contributed by atoms with Gasteiger partial charge in [0, 0.05) is 19.4 Å². The summed E-state index contributed by atoms with van der Waals surface area (Å²) in [5.41, 5.74) is 2.11. The molecule has 174 valence electrons. The molecule has 0 fully saturated rings. The standard InChI is InChI=1S/C23H23F2N3O4S/c1-28-12-11-26-22(28)21(15-3-7-18(31-2)8-4-15)27-33(29,30)20-10-6-16-13-19(32-23(24)25)9-5-17(16)14-20/h3-5,7-9,11-14,21,23,27H,6,10H2,1-2H3. The Morgan fingerprint density at radius 1 is 1.09 bits per heavy atom. The number of halogens is 2. The van der Waals surface area contributed by atoms with Gasteiger partial charge in [-0.3, -0.25) is 0 Å². The molecular weight excluding hydrogens is 452 g/mol. The molecule has 33 heavy (non-hydrogen) atoms. The maximum absolute atomic E-state index is 13.4. The number of aryl methyl sites for hydroxylation is 2. The molecule has 0 saturated heterocycles. The first-order valence-corrected chi connectivity index (χ1v) is 11.7. The summed E-state index contributed by atoms with van der Waals surface area (Å²) in [6.07, 6.45) is 5.54. The number of hydrogen-bond donors (Lipinski definition) is 1. The van der Waals surface area contributed by atoms with Crippen molar-refractivity contribution in [1.29, 1.82) is 0 Å². The number of nitrogens with one attached hydrogen (secondary N) is 1. The first-order chi connectivity index (χ1) is 15.8. The van der Waals surface area contributed by atoms with Crippen LogP contribution in [-0.2, 0) is 23.5 Å². The summed E-state index contributed by atoms with van der Waals surface area (Å²) in [6.45, 7) is -2.91. The molecule has 1 N–H and O–H groups in total. The Balaban J connectivity index is 1.65. The molecule has 4 rings (SSSR count). The Labute approximate surface area is 190 Å². The zero-order valence-electron chi connectivity index (χ0n) is 18.0. The van der Waals surface area contributed by atoms with Crippen LogP contribution >= 0.6 is 0 Å². The van der Waals surface area contributed by atoms with Gasteiger partial charge in [0.15, 0.2) is 0 Å². The van der Waals surface area contributed by atoms with Crippen molar-refractivity contribution in [3.05, 3.63) is 82.3 Å². The minimum absolute atomic E-state index is 0.0518. The smallest absolute Gasteiger partial charge is 0.387 e. The van der Waals surface area contributed by atoms with Crippen LogP contribution in [0.25, 0.3) is 6.08 Å². The van der Waals surface area contributed by atoms with E-state index in [0.717, 1.165) is 5.56 Å². The zero-order chi connectivity index (χ0) is 23.6. The van der Waals surface area contributed by atoms with Gasteiger partial charge in [0.05, 0.1) is 12.0 Å². The molecule has 1 heterocycles. The molecule has 10 heteroatoms. The van der Waals surface area contributed by atoms with Gasteiger partial charge in [-0.2, -0.15) is 13.5 Å². The molecule has 0 bridgehead atoms. The molecule has 3 aromatic rings. The number of rotatable bonds is 8. The van der Waals surface area contributed by atoms with Crippen LogP contribution in [0.2, 0.25) is 0 Å². The highest BCUT2D eigenvalue weighted by Crippen LogP contribution is 2.32. The second kappa shape index (κ2) is 9.32. The molecule has 1 aromatic heterocycles. The van der Waals surface area contributed by atoms with E-state index in [1.165, 1.54) is 12.1 Å². The van der Waals surface area contributed by atoms with E-state index >= 15 is 0 Å². The van der Waals surface area contributed by atoms with Crippen LogP contribution in [0.4, 0.5) is 8.78 Å². The van der Waals surface area contributed by atoms with Gasteiger partial charge < -0.3 is 14.0 Å². The molecule has 1 unspecified atom stereocenters. The Morgan fingerprint density at radius 3 is 2.45 bits per heavy atom. The number of benzene rings is 2. The third kappa shape index (κ3) is 5.07. The van der Waals surface area contributed by atoms with E-state index < -0.39 is 22.7 Å². The van der Waals surface area contributed by atoms with Gasteiger partial charge in [-0.25, -0.2) is 13.4 Å². The van der Waals surface area contributed by atoms with Crippen molar-refractivity contribution in [3.8, 4) is 11.5 Å². The van der Waals surface area contributed by atoms with E-state index in [0.29, 0.717) is 29.1 Å². The lowest BCUT2D eigenvalue weighted by molar-refractivity contribution is -0.0498. The monoisotopic (exact) mass is 475 g/mol. The van der Waals surface area contributed by atoms with Crippen LogP contribution in [0, 0.1) is 0 Å². The third-order valence-corrected chi connectivity index (χ3v) is 7.04. The fourth-order valence-corrected chi connectivity index (χ4v) is 5.14. The highest BCUT2D eigenvalue weighted by atomic mass is 32.2. The Kier molecular flexibility index (Phi) is 6.48. The lowest BCUT2D eigenvalue weighted by atomic mass is 9.97. The maximum Gasteiger partial charge on any atom is 0.387 e. The summed E-state index contributed by atoms with van der Waals surface area (Å²) in [6, 6.07) is 10.9. The number of ether oxygens (including phenoxy) is 2. The molecule has 2 aromatic carbocycles. The number of hydrogen-bond acceptors (Lipinski definition) is 5. The molecule has 0 saturated carbocycles.